The van der Waals surface area contributed by atoms with Gasteiger partial charge in [0.15, 0.2) is 0 Å². The number of rotatable bonds is 3. The Morgan fingerprint density at radius 2 is 2.25 bits per heavy atom. The molecule has 3 N–H and O–H groups in total. The minimum absolute atomic E-state index is 0.0191. The SMILES string of the molecule is CC1CN2CCCC2CN1S(=O)(=O)c1c[nH]c(CN)c1. The molecule has 0 amide bonds. The first-order chi connectivity index (χ1) is 9.52. The van der Waals surface area contributed by atoms with Crippen molar-refractivity contribution in [2.45, 2.75) is 43.3 Å². The number of nitrogens with two attached hydrogens (primary N) is 1. The number of fused-ring (bicyclic) bond motifs is 1. The highest BCUT2D eigenvalue weighted by Crippen LogP contribution is 2.29. The fraction of sp³-hybridized carbons (Fsp3) is 0.692. The molecule has 20 heavy (non-hydrogen) atoms. The number of H-pyrrole nitrogens is 1. The lowest BCUT2D eigenvalue weighted by Crippen LogP contribution is -2.56. The normalized spacial score (nSPS) is 28.7. The molecule has 2 atom stereocenters. The first-order valence-corrected chi connectivity index (χ1v) is 8.59. The largest absolute Gasteiger partial charge is 0.363 e. The second kappa shape index (κ2) is 5.14. The van der Waals surface area contributed by atoms with E-state index in [0.29, 0.717) is 24.0 Å². The van der Waals surface area contributed by atoms with Crippen LogP contribution in [0.2, 0.25) is 0 Å². The second-order valence-corrected chi connectivity index (χ2v) is 7.67. The highest BCUT2D eigenvalue weighted by Gasteiger charge is 2.40. The van der Waals surface area contributed by atoms with Crippen LogP contribution >= 0.6 is 0 Å². The van der Waals surface area contributed by atoms with Gasteiger partial charge in [-0.1, -0.05) is 0 Å². The molecule has 2 aliphatic heterocycles. The van der Waals surface area contributed by atoms with Crippen LogP contribution in [0, 0.1) is 0 Å². The molecular formula is C13H22N4O2S. The maximum absolute atomic E-state index is 12.8. The Bertz CT molecular complexity index is 583. The van der Waals surface area contributed by atoms with E-state index in [0.717, 1.165) is 25.2 Å². The number of hydrogen-bond donors (Lipinski definition) is 2. The number of aromatic nitrogens is 1. The van der Waals surface area contributed by atoms with Crippen LogP contribution in [0.15, 0.2) is 17.2 Å². The average Bonchev–Trinajstić information content (AvgIpc) is 3.05. The van der Waals surface area contributed by atoms with E-state index in [1.165, 1.54) is 6.42 Å². The van der Waals surface area contributed by atoms with Crippen molar-refractivity contribution in [2.75, 3.05) is 19.6 Å². The standard InChI is InChI=1S/C13H22N4O2S/c1-10-8-16-4-2-3-12(16)9-17(10)20(18,19)13-5-11(6-14)15-7-13/h5,7,10,12,15H,2-4,6,8-9,14H2,1H3. The van der Waals surface area contributed by atoms with E-state index in [-0.39, 0.29) is 6.04 Å². The van der Waals surface area contributed by atoms with Crippen LogP contribution in [0.4, 0.5) is 0 Å². The molecule has 0 radical (unpaired) electrons. The van der Waals surface area contributed by atoms with E-state index in [4.69, 9.17) is 5.73 Å². The molecule has 0 aromatic carbocycles. The average molecular weight is 298 g/mol. The summed E-state index contributed by atoms with van der Waals surface area (Å²) in [6.45, 7) is 4.85. The van der Waals surface area contributed by atoms with Crippen molar-refractivity contribution >= 4 is 10.0 Å². The molecule has 0 spiro atoms. The highest BCUT2D eigenvalue weighted by atomic mass is 32.2. The molecule has 2 saturated heterocycles. The van der Waals surface area contributed by atoms with Crippen molar-refractivity contribution in [1.29, 1.82) is 0 Å². The Morgan fingerprint density at radius 3 is 2.95 bits per heavy atom. The number of piperazine rings is 1. The van der Waals surface area contributed by atoms with Crippen molar-refractivity contribution in [3.05, 3.63) is 18.0 Å². The number of nitrogens with zero attached hydrogens (tertiary/aromatic N) is 2. The Balaban J connectivity index is 1.86. The van der Waals surface area contributed by atoms with Gasteiger partial charge in [-0.15, -0.1) is 0 Å². The molecule has 0 aliphatic carbocycles. The van der Waals surface area contributed by atoms with Gasteiger partial charge in [0, 0.05) is 43.6 Å². The zero-order valence-electron chi connectivity index (χ0n) is 11.7. The van der Waals surface area contributed by atoms with Gasteiger partial charge >= 0.3 is 0 Å². The number of nitrogens with one attached hydrogen (secondary N) is 1. The third kappa shape index (κ3) is 2.28. The van der Waals surface area contributed by atoms with Gasteiger partial charge in [0.25, 0.3) is 0 Å². The third-order valence-corrected chi connectivity index (χ3v) is 6.38. The molecule has 7 heteroatoms. The van der Waals surface area contributed by atoms with Gasteiger partial charge in [-0.2, -0.15) is 4.31 Å². The molecule has 2 fully saturated rings. The van der Waals surface area contributed by atoms with Crippen molar-refractivity contribution in [1.82, 2.24) is 14.2 Å². The summed E-state index contributed by atoms with van der Waals surface area (Å²) in [5.41, 5.74) is 6.28. The number of aromatic amines is 1. The van der Waals surface area contributed by atoms with Crippen LogP contribution in [0.5, 0.6) is 0 Å². The van der Waals surface area contributed by atoms with Crippen LogP contribution in [-0.4, -0.2) is 54.3 Å². The molecule has 2 unspecified atom stereocenters. The van der Waals surface area contributed by atoms with Crippen molar-refractivity contribution in [3.63, 3.8) is 0 Å². The van der Waals surface area contributed by atoms with Crippen LogP contribution in [-0.2, 0) is 16.6 Å². The van der Waals surface area contributed by atoms with E-state index in [2.05, 4.69) is 9.88 Å². The van der Waals surface area contributed by atoms with E-state index >= 15 is 0 Å². The fourth-order valence-electron chi connectivity index (χ4n) is 3.32. The molecule has 1 aromatic heterocycles. The Morgan fingerprint density at radius 1 is 1.45 bits per heavy atom. The summed E-state index contributed by atoms with van der Waals surface area (Å²) in [5, 5.41) is 0. The van der Waals surface area contributed by atoms with Crippen LogP contribution in [0.25, 0.3) is 0 Å². The predicted molar refractivity (Wildman–Crippen MR) is 76.6 cm³/mol. The number of hydrogen-bond acceptors (Lipinski definition) is 4. The molecular weight excluding hydrogens is 276 g/mol. The van der Waals surface area contributed by atoms with Gasteiger partial charge < -0.3 is 10.7 Å². The summed E-state index contributed by atoms with van der Waals surface area (Å²) in [6, 6.07) is 2.04. The molecule has 112 valence electrons. The molecule has 3 rings (SSSR count). The quantitative estimate of drug-likeness (QED) is 0.842. The van der Waals surface area contributed by atoms with Gasteiger partial charge in [-0.05, 0) is 32.4 Å². The van der Waals surface area contributed by atoms with Crippen molar-refractivity contribution in [3.8, 4) is 0 Å². The molecule has 6 nitrogen and oxygen atoms in total. The van der Waals surface area contributed by atoms with Crippen molar-refractivity contribution in [2.24, 2.45) is 5.73 Å². The van der Waals surface area contributed by atoms with E-state index in [9.17, 15) is 8.42 Å². The Hall–Kier alpha value is -0.890. The van der Waals surface area contributed by atoms with Crippen LogP contribution in [0.1, 0.15) is 25.5 Å². The summed E-state index contributed by atoms with van der Waals surface area (Å²) in [5.74, 6) is 0. The minimum atomic E-state index is -3.42. The van der Waals surface area contributed by atoms with Gasteiger partial charge in [-0.3, -0.25) is 4.90 Å². The maximum Gasteiger partial charge on any atom is 0.244 e. The topological polar surface area (TPSA) is 82.4 Å². The molecule has 3 heterocycles. The molecule has 0 saturated carbocycles. The first kappa shape index (κ1) is 14.1. The molecule has 2 aliphatic rings. The lowest BCUT2D eigenvalue weighted by molar-refractivity contribution is 0.117. The summed E-state index contributed by atoms with van der Waals surface area (Å²) >= 11 is 0. The zero-order chi connectivity index (χ0) is 14.3. The summed E-state index contributed by atoms with van der Waals surface area (Å²) in [6.07, 6.45) is 3.82. The number of sulfonamides is 1. The van der Waals surface area contributed by atoms with E-state index in [1.807, 2.05) is 6.92 Å². The van der Waals surface area contributed by atoms with Gasteiger partial charge in [0.1, 0.15) is 0 Å². The smallest absolute Gasteiger partial charge is 0.244 e. The Kier molecular flexibility index (Phi) is 3.62. The van der Waals surface area contributed by atoms with E-state index in [1.54, 1.807) is 16.6 Å². The first-order valence-electron chi connectivity index (χ1n) is 7.15. The second-order valence-electron chi connectivity index (χ2n) is 5.78. The van der Waals surface area contributed by atoms with Gasteiger partial charge in [0.2, 0.25) is 10.0 Å². The maximum atomic E-state index is 12.8. The minimum Gasteiger partial charge on any atom is -0.363 e. The zero-order valence-corrected chi connectivity index (χ0v) is 12.6. The van der Waals surface area contributed by atoms with Crippen molar-refractivity contribution < 1.29 is 8.42 Å². The third-order valence-electron chi connectivity index (χ3n) is 4.42. The lowest BCUT2D eigenvalue weighted by atomic mass is 10.1. The van der Waals surface area contributed by atoms with E-state index < -0.39 is 10.0 Å². The van der Waals surface area contributed by atoms with Crippen LogP contribution in [0.3, 0.4) is 0 Å². The lowest BCUT2D eigenvalue weighted by Gasteiger charge is -2.41. The Labute approximate surface area is 120 Å². The summed E-state index contributed by atoms with van der Waals surface area (Å²) < 4.78 is 27.2. The molecule has 0 bridgehead atoms. The van der Waals surface area contributed by atoms with Gasteiger partial charge in [0.05, 0.1) is 4.90 Å². The monoisotopic (exact) mass is 298 g/mol. The molecule has 1 aromatic rings. The van der Waals surface area contributed by atoms with Gasteiger partial charge in [-0.25, -0.2) is 8.42 Å². The van der Waals surface area contributed by atoms with Crippen LogP contribution < -0.4 is 5.73 Å². The fourth-order valence-corrected chi connectivity index (χ4v) is 5.00. The highest BCUT2D eigenvalue weighted by molar-refractivity contribution is 7.89. The summed E-state index contributed by atoms with van der Waals surface area (Å²) in [4.78, 5) is 5.67. The summed E-state index contributed by atoms with van der Waals surface area (Å²) in [7, 11) is -3.42. The predicted octanol–water partition coefficient (Wildman–Crippen LogP) is 0.331.